The number of fused-ring (bicyclic) bond motifs is 1. The first-order valence-corrected chi connectivity index (χ1v) is 3.86. The van der Waals surface area contributed by atoms with Gasteiger partial charge in [-0.1, -0.05) is 12.1 Å². The zero-order chi connectivity index (χ0) is 9.42. The molecule has 2 rings (SSSR count). The van der Waals surface area contributed by atoms with E-state index in [-0.39, 0.29) is 11.6 Å². The van der Waals surface area contributed by atoms with Crippen LogP contribution >= 0.6 is 0 Å². The molecule has 0 bridgehead atoms. The molecule has 0 aliphatic heterocycles. The maximum absolute atomic E-state index is 13.2. The summed E-state index contributed by atoms with van der Waals surface area (Å²) in [7, 11) is 0. The number of halogens is 1. The van der Waals surface area contributed by atoms with E-state index in [4.69, 9.17) is 5.73 Å². The third kappa shape index (κ3) is 1.09. The molecule has 0 radical (unpaired) electrons. The zero-order valence-corrected chi connectivity index (χ0v) is 6.79. The van der Waals surface area contributed by atoms with Gasteiger partial charge in [-0.2, -0.15) is 0 Å². The first-order chi connectivity index (χ1) is 6.20. The molecule has 3 N–H and O–H groups in total. The second kappa shape index (κ2) is 2.62. The Morgan fingerprint density at radius 3 is 2.62 bits per heavy atom. The minimum Gasteiger partial charge on any atom is -0.507 e. The van der Waals surface area contributed by atoms with Crippen LogP contribution in [0.4, 0.5) is 10.1 Å². The molecule has 13 heavy (non-hydrogen) atoms. The average molecular weight is 177 g/mol. The van der Waals surface area contributed by atoms with Crippen LogP contribution in [0.3, 0.4) is 0 Å². The molecular weight excluding hydrogens is 169 g/mol. The van der Waals surface area contributed by atoms with Gasteiger partial charge in [-0.3, -0.25) is 0 Å². The third-order valence-corrected chi connectivity index (χ3v) is 2.00. The maximum Gasteiger partial charge on any atom is 0.131 e. The molecule has 2 aromatic carbocycles. The Labute approximate surface area is 74.4 Å². The van der Waals surface area contributed by atoms with Crippen LogP contribution in [0, 0.1) is 5.82 Å². The smallest absolute Gasteiger partial charge is 0.131 e. The Balaban J connectivity index is 3.00. The van der Waals surface area contributed by atoms with Gasteiger partial charge in [0.05, 0.1) is 0 Å². The summed E-state index contributed by atoms with van der Waals surface area (Å²) < 4.78 is 13.2. The molecular formula is C10H8FNO. The van der Waals surface area contributed by atoms with Crippen LogP contribution in [0.5, 0.6) is 5.75 Å². The van der Waals surface area contributed by atoms with Gasteiger partial charge in [0.15, 0.2) is 0 Å². The van der Waals surface area contributed by atoms with E-state index in [9.17, 15) is 9.50 Å². The van der Waals surface area contributed by atoms with Gasteiger partial charge in [-0.15, -0.1) is 0 Å². The van der Waals surface area contributed by atoms with Gasteiger partial charge in [-0.05, 0) is 18.2 Å². The van der Waals surface area contributed by atoms with E-state index in [1.807, 2.05) is 0 Å². The number of aromatic hydroxyl groups is 1. The molecule has 0 spiro atoms. The van der Waals surface area contributed by atoms with E-state index in [2.05, 4.69) is 0 Å². The Hall–Kier alpha value is -1.77. The Morgan fingerprint density at radius 2 is 1.92 bits per heavy atom. The maximum atomic E-state index is 13.2. The van der Waals surface area contributed by atoms with Crippen molar-refractivity contribution < 1.29 is 9.50 Å². The first kappa shape index (κ1) is 7.86. The third-order valence-electron chi connectivity index (χ3n) is 2.00. The van der Waals surface area contributed by atoms with E-state index >= 15 is 0 Å². The minimum atomic E-state index is -0.375. The van der Waals surface area contributed by atoms with Crippen molar-refractivity contribution in [2.24, 2.45) is 0 Å². The molecule has 0 unspecified atom stereocenters. The molecule has 3 heteroatoms. The molecule has 0 saturated carbocycles. The van der Waals surface area contributed by atoms with Crippen molar-refractivity contribution in [1.82, 2.24) is 0 Å². The monoisotopic (exact) mass is 177 g/mol. The number of phenols is 1. The summed E-state index contributed by atoms with van der Waals surface area (Å²) in [5.74, 6) is -0.366. The van der Waals surface area contributed by atoms with Crippen LogP contribution in [0.15, 0.2) is 30.3 Å². The summed E-state index contributed by atoms with van der Waals surface area (Å²) in [6.07, 6.45) is 0. The highest BCUT2D eigenvalue weighted by molar-refractivity contribution is 5.97. The molecule has 0 fully saturated rings. The van der Waals surface area contributed by atoms with E-state index in [0.717, 1.165) is 0 Å². The van der Waals surface area contributed by atoms with Crippen molar-refractivity contribution in [2.75, 3.05) is 5.73 Å². The van der Waals surface area contributed by atoms with Crippen molar-refractivity contribution in [1.29, 1.82) is 0 Å². The quantitative estimate of drug-likeness (QED) is 0.606. The summed E-state index contributed by atoms with van der Waals surface area (Å²) in [6, 6.07) is 7.38. The van der Waals surface area contributed by atoms with Crippen molar-refractivity contribution in [3.63, 3.8) is 0 Å². The van der Waals surface area contributed by atoms with Crippen molar-refractivity contribution in [3.05, 3.63) is 36.1 Å². The lowest BCUT2D eigenvalue weighted by molar-refractivity contribution is 0.481. The summed E-state index contributed by atoms with van der Waals surface area (Å²) >= 11 is 0. The molecule has 66 valence electrons. The van der Waals surface area contributed by atoms with Gasteiger partial charge in [-0.25, -0.2) is 4.39 Å². The summed E-state index contributed by atoms with van der Waals surface area (Å²) in [5.41, 5.74) is 5.98. The van der Waals surface area contributed by atoms with Crippen molar-refractivity contribution >= 4 is 16.5 Å². The highest BCUT2D eigenvalue weighted by Gasteiger charge is 2.06. The van der Waals surface area contributed by atoms with Crippen LogP contribution in [0.1, 0.15) is 0 Å². The number of hydrogen-bond acceptors (Lipinski definition) is 2. The second-order valence-electron chi connectivity index (χ2n) is 2.84. The zero-order valence-electron chi connectivity index (χ0n) is 6.79. The number of hydrogen-bond donors (Lipinski definition) is 2. The van der Waals surface area contributed by atoms with Gasteiger partial charge < -0.3 is 10.8 Å². The Kier molecular flexibility index (Phi) is 1.59. The fraction of sp³-hybridized carbons (Fsp3) is 0. The normalized spacial score (nSPS) is 10.5. The lowest BCUT2D eigenvalue weighted by Crippen LogP contribution is -1.89. The fourth-order valence-electron chi connectivity index (χ4n) is 1.38. The van der Waals surface area contributed by atoms with Gasteiger partial charge >= 0.3 is 0 Å². The van der Waals surface area contributed by atoms with Gasteiger partial charge in [0.1, 0.15) is 11.6 Å². The SMILES string of the molecule is Nc1ccc(F)c2cccc(O)c12. The van der Waals surface area contributed by atoms with Crippen LogP contribution in [-0.4, -0.2) is 5.11 Å². The molecule has 0 aliphatic carbocycles. The van der Waals surface area contributed by atoms with Gasteiger partial charge in [0.2, 0.25) is 0 Å². The molecule has 0 atom stereocenters. The number of rotatable bonds is 0. The Morgan fingerprint density at radius 1 is 1.15 bits per heavy atom. The summed E-state index contributed by atoms with van der Waals surface area (Å²) in [5, 5.41) is 10.2. The van der Waals surface area contributed by atoms with Gasteiger partial charge in [0, 0.05) is 16.5 Å². The number of nitrogen functional groups attached to an aromatic ring is 1. The van der Waals surface area contributed by atoms with Crippen LogP contribution in [0.2, 0.25) is 0 Å². The fourth-order valence-corrected chi connectivity index (χ4v) is 1.38. The summed E-state index contributed by atoms with van der Waals surface area (Å²) in [4.78, 5) is 0. The lowest BCUT2D eigenvalue weighted by Gasteiger charge is -2.04. The summed E-state index contributed by atoms with van der Waals surface area (Å²) in [6.45, 7) is 0. The first-order valence-electron chi connectivity index (χ1n) is 3.86. The van der Waals surface area contributed by atoms with E-state index in [0.29, 0.717) is 16.5 Å². The number of nitrogens with two attached hydrogens (primary N) is 1. The highest BCUT2D eigenvalue weighted by atomic mass is 19.1. The number of anilines is 1. The van der Waals surface area contributed by atoms with Gasteiger partial charge in [0.25, 0.3) is 0 Å². The predicted octanol–water partition coefficient (Wildman–Crippen LogP) is 2.27. The van der Waals surface area contributed by atoms with Crippen molar-refractivity contribution in [2.45, 2.75) is 0 Å². The average Bonchev–Trinajstić information content (AvgIpc) is 2.12. The number of phenolic OH excluding ortho intramolecular Hbond substituents is 1. The topological polar surface area (TPSA) is 46.2 Å². The predicted molar refractivity (Wildman–Crippen MR) is 50.0 cm³/mol. The molecule has 0 amide bonds. The molecule has 0 heterocycles. The number of benzene rings is 2. The largest absolute Gasteiger partial charge is 0.507 e. The standard InChI is InChI=1S/C10H8FNO/c11-7-4-5-8(12)10-6(7)2-1-3-9(10)13/h1-5,13H,12H2. The van der Waals surface area contributed by atoms with Crippen LogP contribution < -0.4 is 5.73 Å². The van der Waals surface area contributed by atoms with Crippen LogP contribution in [-0.2, 0) is 0 Å². The van der Waals surface area contributed by atoms with E-state index < -0.39 is 0 Å². The molecule has 0 aliphatic rings. The molecule has 2 aromatic rings. The molecule has 0 aromatic heterocycles. The molecule has 2 nitrogen and oxygen atoms in total. The van der Waals surface area contributed by atoms with Crippen molar-refractivity contribution in [3.8, 4) is 5.75 Å². The minimum absolute atomic E-state index is 0.00880. The highest BCUT2D eigenvalue weighted by Crippen LogP contribution is 2.30. The lowest BCUT2D eigenvalue weighted by atomic mass is 10.1. The van der Waals surface area contributed by atoms with Crippen LogP contribution in [0.25, 0.3) is 10.8 Å². The molecule has 0 saturated heterocycles. The van der Waals surface area contributed by atoms with E-state index in [1.165, 1.54) is 18.2 Å². The van der Waals surface area contributed by atoms with E-state index in [1.54, 1.807) is 12.1 Å². The second-order valence-corrected chi connectivity index (χ2v) is 2.84. The Bertz CT molecular complexity index is 459.